The number of hydrogen-bond acceptors (Lipinski definition) is 5. The van der Waals surface area contributed by atoms with Crippen LogP contribution in [0.15, 0.2) is 41.4 Å². The first-order valence-corrected chi connectivity index (χ1v) is 7.87. The number of hydrogen-bond donors (Lipinski definition) is 2. The second-order valence-corrected chi connectivity index (χ2v) is 5.78. The molecule has 0 aliphatic rings. The van der Waals surface area contributed by atoms with Crippen molar-refractivity contribution in [3.8, 4) is 5.75 Å². The number of carbonyl (C=O) groups is 2. The van der Waals surface area contributed by atoms with E-state index < -0.39 is 5.97 Å². The monoisotopic (exact) mass is 335 g/mol. The molecule has 1 aromatic heterocycles. The van der Waals surface area contributed by atoms with Crippen LogP contribution in [-0.2, 0) is 16.1 Å². The molecule has 23 heavy (non-hydrogen) atoms. The number of nitrogens with zero attached hydrogens (tertiary/aromatic N) is 2. The van der Waals surface area contributed by atoms with Crippen LogP contribution in [0.1, 0.15) is 6.42 Å². The van der Waals surface area contributed by atoms with Gasteiger partial charge >= 0.3 is 5.97 Å². The van der Waals surface area contributed by atoms with Crippen LogP contribution in [-0.4, -0.2) is 39.6 Å². The number of carbonyl (C=O) groups excluding carboxylic acids is 1. The SMILES string of the molecule is COc1ccc(SCCC(=O)Nc2ccn(CC(=O)O)n2)cc1. The maximum Gasteiger partial charge on any atom is 0.325 e. The quantitative estimate of drug-likeness (QED) is 0.718. The highest BCUT2D eigenvalue weighted by atomic mass is 32.2. The zero-order chi connectivity index (χ0) is 16.7. The van der Waals surface area contributed by atoms with Gasteiger partial charge in [0.15, 0.2) is 5.82 Å². The molecule has 0 saturated heterocycles. The number of nitrogens with one attached hydrogen (secondary N) is 1. The Balaban J connectivity index is 1.74. The van der Waals surface area contributed by atoms with E-state index in [4.69, 9.17) is 9.84 Å². The second kappa shape index (κ2) is 8.23. The zero-order valence-corrected chi connectivity index (χ0v) is 13.4. The smallest absolute Gasteiger partial charge is 0.325 e. The minimum Gasteiger partial charge on any atom is -0.497 e. The van der Waals surface area contributed by atoms with Crippen molar-refractivity contribution in [1.29, 1.82) is 0 Å². The van der Waals surface area contributed by atoms with Crippen molar-refractivity contribution < 1.29 is 19.4 Å². The van der Waals surface area contributed by atoms with Crippen LogP contribution >= 0.6 is 11.8 Å². The van der Waals surface area contributed by atoms with Crippen LogP contribution in [0.5, 0.6) is 5.75 Å². The third kappa shape index (κ3) is 5.67. The zero-order valence-electron chi connectivity index (χ0n) is 12.6. The van der Waals surface area contributed by atoms with E-state index in [-0.39, 0.29) is 12.5 Å². The molecule has 1 aromatic carbocycles. The molecule has 1 amide bonds. The molecule has 1 heterocycles. The van der Waals surface area contributed by atoms with Crippen LogP contribution < -0.4 is 10.1 Å². The van der Waals surface area contributed by atoms with Gasteiger partial charge in [0.1, 0.15) is 12.3 Å². The lowest BCUT2D eigenvalue weighted by Crippen LogP contribution is -2.14. The van der Waals surface area contributed by atoms with Crippen LogP contribution in [0.2, 0.25) is 0 Å². The topological polar surface area (TPSA) is 93.5 Å². The van der Waals surface area contributed by atoms with Gasteiger partial charge in [-0.05, 0) is 24.3 Å². The highest BCUT2D eigenvalue weighted by molar-refractivity contribution is 7.99. The van der Waals surface area contributed by atoms with E-state index in [1.165, 1.54) is 10.9 Å². The molecule has 7 nitrogen and oxygen atoms in total. The molecular weight excluding hydrogens is 318 g/mol. The Hall–Kier alpha value is -2.48. The highest BCUT2D eigenvalue weighted by Crippen LogP contribution is 2.21. The van der Waals surface area contributed by atoms with Gasteiger partial charge in [-0.1, -0.05) is 0 Å². The van der Waals surface area contributed by atoms with E-state index in [1.807, 2.05) is 24.3 Å². The van der Waals surface area contributed by atoms with Crippen LogP contribution in [0, 0.1) is 0 Å². The number of anilines is 1. The molecule has 0 aliphatic heterocycles. The van der Waals surface area contributed by atoms with Crippen molar-refractivity contribution in [2.24, 2.45) is 0 Å². The molecule has 0 bridgehead atoms. The molecule has 8 heteroatoms. The van der Waals surface area contributed by atoms with E-state index in [2.05, 4.69) is 10.4 Å². The number of aliphatic carboxylic acids is 1. The van der Waals surface area contributed by atoms with Gasteiger partial charge in [0.2, 0.25) is 5.91 Å². The van der Waals surface area contributed by atoms with Gasteiger partial charge in [0.05, 0.1) is 7.11 Å². The molecule has 0 fully saturated rings. The number of aromatic nitrogens is 2. The molecule has 0 atom stereocenters. The highest BCUT2D eigenvalue weighted by Gasteiger charge is 2.07. The number of carboxylic acid groups (broad SMARTS) is 1. The van der Waals surface area contributed by atoms with E-state index >= 15 is 0 Å². The summed E-state index contributed by atoms with van der Waals surface area (Å²) in [6, 6.07) is 9.19. The molecule has 2 N–H and O–H groups in total. The van der Waals surface area contributed by atoms with E-state index in [9.17, 15) is 9.59 Å². The summed E-state index contributed by atoms with van der Waals surface area (Å²) in [6.07, 6.45) is 1.85. The van der Waals surface area contributed by atoms with Crippen molar-refractivity contribution >= 4 is 29.5 Å². The Morgan fingerprint density at radius 1 is 1.30 bits per heavy atom. The third-order valence-corrected chi connectivity index (χ3v) is 3.88. The van der Waals surface area contributed by atoms with Gasteiger partial charge < -0.3 is 15.2 Å². The average molecular weight is 335 g/mol. The van der Waals surface area contributed by atoms with Gasteiger partial charge in [0, 0.05) is 29.3 Å². The standard InChI is InChI=1S/C15H17N3O4S/c1-22-11-2-4-12(5-3-11)23-9-7-14(19)16-13-6-8-18(17-13)10-15(20)21/h2-6,8H,7,9-10H2,1H3,(H,20,21)(H,16,17,19). The number of thioether (sulfide) groups is 1. The number of amides is 1. The lowest BCUT2D eigenvalue weighted by Gasteiger charge is -2.04. The fraction of sp³-hybridized carbons (Fsp3) is 0.267. The lowest BCUT2D eigenvalue weighted by molar-refractivity contribution is -0.137. The van der Waals surface area contributed by atoms with Crippen LogP contribution in [0.25, 0.3) is 0 Å². The minimum absolute atomic E-state index is 0.161. The van der Waals surface area contributed by atoms with Gasteiger partial charge in [-0.3, -0.25) is 14.3 Å². The Morgan fingerprint density at radius 3 is 2.70 bits per heavy atom. The van der Waals surface area contributed by atoms with E-state index in [0.717, 1.165) is 10.6 Å². The number of ether oxygens (including phenoxy) is 1. The predicted octanol–water partition coefficient (Wildman–Crippen LogP) is 2.10. The Morgan fingerprint density at radius 2 is 2.04 bits per heavy atom. The molecule has 0 saturated carbocycles. The molecule has 122 valence electrons. The van der Waals surface area contributed by atoms with Crippen molar-refractivity contribution in [3.63, 3.8) is 0 Å². The molecule has 0 radical (unpaired) electrons. The molecule has 2 rings (SSSR count). The number of rotatable bonds is 8. The van der Waals surface area contributed by atoms with Gasteiger partial charge in [-0.2, -0.15) is 5.10 Å². The number of methoxy groups -OCH3 is 1. The first-order valence-electron chi connectivity index (χ1n) is 6.89. The number of carboxylic acids is 1. The summed E-state index contributed by atoms with van der Waals surface area (Å²) in [4.78, 5) is 23.4. The minimum atomic E-state index is -0.984. The normalized spacial score (nSPS) is 10.3. The molecule has 2 aromatic rings. The summed E-state index contributed by atoms with van der Waals surface area (Å²) < 4.78 is 6.34. The summed E-state index contributed by atoms with van der Waals surface area (Å²) in [5, 5.41) is 15.3. The first kappa shape index (κ1) is 16.9. The van der Waals surface area contributed by atoms with Gasteiger partial charge in [-0.15, -0.1) is 11.8 Å². The van der Waals surface area contributed by atoms with E-state index in [1.54, 1.807) is 24.9 Å². The van der Waals surface area contributed by atoms with E-state index in [0.29, 0.717) is 18.0 Å². The summed E-state index contributed by atoms with van der Waals surface area (Å²) in [5.74, 6) is 0.636. The summed E-state index contributed by atoms with van der Waals surface area (Å²) >= 11 is 1.57. The maximum absolute atomic E-state index is 11.8. The van der Waals surface area contributed by atoms with Gasteiger partial charge in [0.25, 0.3) is 0 Å². The van der Waals surface area contributed by atoms with Crippen LogP contribution in [0.4, 0.5) is 5.82 Å². The van der Waals surface area contributed by atoms with Crippen molar-refractivity contribution in [1.82, 2.24) is 9.78 Å². The Kier molecular flexibility index (Phi) is 6.04. The second-order valence-electron chi connectivity index (χ2n) is 4.61. The summed E-state index contributed by atoms with van der Waals surface area (Å²) in [7, 11) is 1.62. The average Bonchev–Trinajstić information content (AvgIpc) is 2.94. The number of benzene rings is 1. The Bertz CT molecular complexity index is 670. The Labute approximate surface area is 137 Å². The first-order chi connectivity index (χ1) is 11.1. The summed E-state index contributed by atoms with van der Waals surface area (Å²) in [6.45, 7) is -0.233. The lowest BCUT2D eigenvalue weighted by atomic mass is 10.3. The summed E-state index contributed by atoms with van der Waals surface area (Å²) in [5.41, 5.74) is 0. The van der Waals surface area contributed by atoms with Crippen LogP contribution in [0.3, 0.4) is 0 Å². The van der Waals surface area contributed by atoms with Crippen molar-refractivity contribution in [2.45, 2.75) is 17.9 Å². The van der Waals surface area contributed by atoms with Crippen molar-refractivity contribution in [2.75, 3.05) is 18.2 Å². The fourth-order valence-corrected chi connectivity index (χ4v) is 2.65. The largest absolute Gasteiger partial charge is 0.497 e. The third-order valence-electron chi connectivity index (χ3n) is 2.86. The molecule has 0 unspecified atom stereocenters. The molecule has 0 aliphatic carbocycles. The molecular formula is C15H17N3O4S. The maximum atomic E-state index is 11.8. The van der Waals surface area contributed by atoms with Crippen molar-refractivity contribution in [3.05, 3.63) is 36.5 Å². The fourth-order valence-electron chi connectivity index (χ4n) is 1.79. The molecule has 0 spiro atoms. The predicted molar refractivity (Wildman–Crippen MR) is 86.8 cm³/mol. The van der Waals surface area contributed by atoms with Gasteiger partial charge in [-0.25, -0.2) is 0 Å².